The fourth-order valence-electron chi connectivity index (χ4n) is 4.32. The van der Waals surface area contributed by atoms with Gasteiger partial charge in [-0.1, -0.05) is 18.2 Å². The Kier molecular flexibility index (Phi) is 6.44. The van der Waals surface area contributed by atoms with Crippen molar-refractivity contribution < 1.29 is 13.2 Å². The van der Waals surface area contributed by atoms with E-state index in [9.17, 15) is 8.42 Å². The van der Waals surface area contributed by atoms with Crippen LogP contribution < -0.4 is 9.80 Å². The van der Waals surface area contributed by atoms with Gasteiger partial charge in [0, 0.05) is 51.0 Å². The number of hydrogen-bond acceptors (Lipinski definition) is 8. The zero-order valence-corrected chi connectivity index (χ0v) is 20.0. The molecule has 2 aromatic heterocycles. The first-order chi connectivity index (χ1) is 16.5. The van der Waals surface area contributed by atoms with Crippen LogP contribution in [-0.4, -0.2) is 80.4 Å². The monoisotopic (exact) mass is 480 g/mol. The molecule has 0 spiro atoms. The lowest BCUT2D eigenvalue weighted by Gasteiger charge is -2.35. The Morgan fingerprint density at radius 2 is 1.56 bits per heavy atom. The average Bonchev–Trinajstić information content (AvgIpc) is 2.90. The lowest BCUT2D eigenvalue weighted by atomic mass is 10.1. The molecule has 1 aromatic carbocycles. The molecule has 2 fully saturated rings. The minimum Gasteiger partial charge on any atom is -0.379 e. The zero-order chi connectivity index (χ0) is 23.5. The van der Waals surface area contributed by atoms with Crippen LogP contribution in [0.25, 0.3) is 11.3 Å². The Labute approximate surface area is 200 Å². The summed E-state index contributed by atoms with van der Waals surface area (Å²) in [5, 5.41) is 8.87. The van der Waals surface area contributed by atoms with Gasteiger partial charge in [-0.05, 0) is 42.8 Å². The number of hydrogen-bond donors (Lipinski definition) is 0. The number of piperazine rings is 1. The van der Waals surface area contributed by atoms with Crippen molar-refractivity contribution in [1.29, 1.82) is 0 Å². The van der Waals surface area contributed by atoms with Crippen molar-refractivity contribution in [3.05, 3.63) is 60.3 Å². The number of ether oxygens (including phenoxy) is 1. The van der Waals surface area contributed by atoms with Crippen LogP contribution in [0.2, 0.25) is 0 Å². The molecule has 178 valence electrons. The van der Waals surface area contributed by atoms with Crippen LogP contribution in [0.4, 0.5) is 11.6 Å². The maximum atomic E-state index is 13.2. The molecule has 0 saturated carbocycles. The van der Waals surface area contributed by atoms with Crippen molar-refractivity contribution in [2.24, 2.45) is 0 Å². The molecule has 0 bridgehead atoms. The number of nitrogens with zero attached hydrogens (tertiary/aromatic N) is 6. The normalized spacial score (nSPS) is 17.7. The van der Waals surface area contributed by atoms with Gasteiger partial charge in [0.05, 0.1) is 23.8 Å². The molecule has 0 amide bonds. The zero-order valence-electron chi connectivity index (χ0n) is 19.2. The molecule has 0 atom stereocenters. The predicted molar refractivity (Wildman–Crippen MR) is 130 cm³/mol. The second-order valence-corrected chi connectivity index (χ2v) is 10.3. The first-order valence-electron chi connectivity index (χ1n) is 11.5. The summed E-state index contributed by atoms with van der Waals surface area (Å²) in [6.45, 7) is 6.78. The Hall–Kier alpha value is -3.08. The van der Waals surface area contributed by atoms with E-state index in [0.717, 1.165) is 43.4 Å². The molecule has 4 heterocycles. The molecule has 5 rings (SSSR count). The van der Waals surface area contributed by atoms with Crippen molar-refractivity contribution >= 4 is 21.7 Å². The summed E-state index contributed by atoms with van der Waals surface area (Å²) in [7, 11) is -3.59. The van der Waals surface area contributed by atoms with Gasteiger partial charge in [-0.25, -0.2) is 13.4 Å². The first-order valence-corrected chi connectivity index (χ1v) is 12.9. The van der Waals surface area contributed by atoms with Gasteiger partial charge in [0.1, 0.15) is 5.82 Å². The van der Waals surface area contributed by atoms with Crippen molar-refractivity contribution in [2.75, 3.05) is 62.3 Å². The standard InChI is InChI=1S/C24H28N6O3S/c1-19-5-6-20(18-22(19)34(31,32)30-14-16-33-17-15-30)21-7-8-24(27-26-21)29-12-10-28(11-13-29)23-4-2-3-9-25-23/h2-9,18H,10-17H2,1H3. The quantitative estimate of drug-likeness (QED) is 0.549. The predicted octanol–water partition coefficient (Wildman–Crippen LogP) is 2.19. The van der Waals surface area contributed by atoms with Crippen LogP contribution in [-0.2, 0) is 14.8 Å². The van der Waals surface area contributed by atoms with Gasteiger partial charge in [0.2, 0.25) is 10.0 Å². The van der Waals surface area contributed by atoms with Crippen LogP contribution >= 0.6 is 0 Å². The van der Waals surface area contributed by atoms with E-state index in [2.05, 4.69) is 25.0 Å². The van der Waals surface area contributed by atoms with Gasteiger partial charge >= 0.3 is 0 Å². The highest BCUT2D eigenvalue weighted by Crippen LogP contribution is 2.27. The summed E-state index contributed by atoms with van der Waals surface area (Å²) >= 11 is 0. The molecule has 10 heteroatoms. The molecular formula is C24H28N6O3S. The third-order valence-electron chi connectivity index (χ3n) is 6.30. The second kappa shape index (κ2) is 9.65. The number of anilines is 2. The number of rotatable bonds is 5. The fourth-order valence-corrected chi connectivity index (χ4v) is 5.98. The first kappa shape index (κ1) is 22.7. The summed E-state index contributed by atoms with van der Waals surface area (Å²) in [5.41, 5.74) is 2.09. The number of pyridine rings is 1. The number of sulfonamides is 1. The Bertz CT molecular complexity index is 1220. The lowest BCUT2D eigenvalue weighted by molar-refractivity contribution is 0.0730. The Morgan fingerprint density at radius 3 is 2.21 bits per heavy atom. The van der Waals surface area contributed by atoms with Crippen molar-refractivity contribution in [3.63, 3.8) is 0 Å². The largest absolute Gasteiger partial charge is 0.379 e. The third kappa shape index (κ3) is 4.61. The van der Waals surface area contributed by atoms with E-state index in [1.54, 1.807) is 6.07 Å². The number of benzene rings is 1. The van der Waals surface area contributed by atoms with Gasteiger partial charge in [0.15, 0.2) is 5.82 Å². The van der Waals surface area contributed by atoms with Gasteiger partial charge in [-0.3, -0.25) is 0 Å². The van der Waals surface area contributed by atoms with E-state index in [0.29, 0.717) is 42.5 Å². The highest BCUT2D eigenvalue weighted by atomic mass is 32.2. The second-order valence-electron chi connectivity index (χ2n) is 8.44. The lowest BCUT2D eigenvalue weighted by Crippen LogP contribution is -2.47. The summed E-state index contributed by atoms with van der Waals surface area (Å²) in [6.07, 6.45) is 1.81. The van der Waals surface area contributed by atoms with E-state index in [-0.39, 0.29) is 0 Å². The minimum absolute atomic E-state index is 0.309. The summed E-state index contributed by atoms with van der Waals surface area (Å²) in [5.74, 6) is 1.81. The maximum Gasteiger partial charge on any atom is 0.243 e. The minimum atomic E-state index is -3.59. The fraction of sp³-hybridized carbons (Fsp3) is 0.375. The highest BCUT2D eigenvalue weighted by molar-refractivity contribution is 7.89. The summed E-state index contributed by atoms with van der Waals surface area (Å²) < 4.78 is 33.2. The van der Waals surface area contributed by atoms with E-state index >= 15 is 0 Å². The summed E-state index contributed by atoms with van der Waals surface area (Å²) in [6, 6.07) is 15.2. The molecule has 3 aromatic rings. The van der Waals surface area contributed by atoms with Gasteiger partial charge < -0.3 is 14.5 Å². The van der Waals surface area contributed by atoms with E-state index < -0.39 is 10.0 Å². The van der Waals surface area contributed by atoms with Crippen LogP contribution in [0.15, 0.2) is 59.6 Å². The van der Waals surface area contributed by atoms with E-state index in [4.69, 9.17) is 4.74 Å². The van der Waals surface area contributed by atoms with Crippen molar-refractivity contribution in [1.82, 2.24) is 19.5 Å². The molecule has 0 radical (unpaired) electrons. The van der Waals surface area contributed by atoms with Gasteiger partial charge in [-0.15, -0.1) is 10.2 Å². The molecule has 2 aliphatic rings. The molecule has 9 nitrogen and oxygen atoms in total. The van der Waals surface area contributed by atoms with Crippen molar-refractivity contribution in [3.8, 4) is 11.3 Å². The van der Waals surface area contributed by atoms with Crippen molar-refractivity contribution in [2.45, 2.75) is 11.8 Å². The third-order valence-corrected chi connectivity index (χ3v) is 8.34. The van der Waals surface area contributed by atoms with Crippen LogP contribution in [0, 0.1) is 6.92 Å². The smallest absolute Gasteiger partial charge is 0.243 e. The SMILES string of the molecule is Cc1ccc(-c2ccc(N3CCN(c4ccccn4)CC3)nn2)cc1S(=O)(=O)N1CCOCC1. The van der Waals surface area contributed by atoms with E-state index in [1.807, 2.05) is 55.6 Å². The van der Waals surface area contributed by atoms with Crippen LogP contribution in [0.1, 0.15) is 5.56 Å². The Balaban J connectivity index is 1.31. The van der Waals surface area contributed by atoms with Crippen LogP contribution in [0.3, 0.4) is 0 Å². The Morgan fingerprint density at radius 1 is 0.824 bits per heavy atom. The topological polar surface area (TPSA) is 91.8 Å². The molecule has 34 heavy (non-hydrogen) atoms. The highest BCUT2D eigenvalue weighted by Gasteiger charge is 2.28. The van der Waals surface area contributed by atoms with Crippen LogP contribution in [0.5, 0.6) is 0 Å². The van der Waals surface area contributed by atoms with Gasteiger partial charge in [0.25, 0.3) is 0 Å². The molecule has 2 saturated heterocycles. The van der Waals surface area contributed by atoms with Gasteiger partial charge in [-0.2, -0.15) is 4.31 Å². The molecule has 2 aliphatic heterocycles. The number of aromatic nitrogens is 3. The molecule has 0 aliphatic carbocycles. The average molecular weight is 481 g/mol. The molecular weight excluding hydrogens is 452 g/mol. The molecule has 0 N–H and O–H groups in total. The van der Waals surface area contributed by atoms with E-state index in [1.165, 1.54) is 4.31 Å². The summed E-state index contributed by atoms with van der Waals surface area (Å²) in [4.78, 5) is 9.21. The number of aryl methyl sites for hydroxylation is 1. The number of morpholine rings is 1. The maximum absolute atomic E-state index is 13.2. The molecule has 0 unspecified atom stereocenters.